The summed E-state index contributed by atoms with van der Waals surface area (Å²) in [6.07, 6.45) is 2.45. The van der Waals surface area contributed by atoms with Crippen LogP contribution in [0.15, 0.2) is 65.5 Å². The molecule has 0 saturated heterocycles. The van der Waals surface area contributed by atoms with Gasteiger partial charge < -0.3 is 4.74 Å². The van der Waals surface area contributed by atoms with Crippen molar-refractivity contribution in [2.45, 2.75) is 32.6 Å². The molecule has 0 unspecified atom stereocenters. The number of halogens is 1. The Morgan fingerprint density at radius 1 is 0.909 bits per heavy atom. The number of hydrogen-bond donors (Lipinski definition) is 2. The molecule has 2 aromatic carbocycles. The molecule has 4 aromatic rings. The molecule has 4 rings (SSSR count). The quantitative estimate of drug-likeness (QED) is 0.402. The molecule has 0 fully saturated rings. The number of aromatic amines is 2. The lowest BCUT2D eigenvalue weighted by Crippen LogP contribution is -2.19. The molecule has 7 nitrogen and oxygen atoms in total. The highest BCUT2D eigenvalue weighted by Gasteiger charge is 2.16. The van der Waals surface area contributed by atoms with E-state index in [4.69, 9.17) is 4.74 Å². The van der Waals surface area contributed by atoms with Crippen molar-refractivity contribution in [3.8, 4) is 5.75 Å². The lowest BCUT2D eigenvalue weighted by molar-refractivity contribution is 0.0725. The Morgan fingerprint density at radius 3 is 2.48 bits per heavy atom. The topological polar surface area (TPSA) is 101 Å². The third kappa shape index (κ3) is 6.00. The molecule has 0 radical (unpaired) electrons. The number of aryl methyl sites for hydroxylation is 5. The summed E-state index contributed by atoms with van der Waals surface area (Å²) in [5, 5.41) is 13.2. The van der Waals surface area contributed by atoms with Crippen molar-refractivity contribution in [2.75, 3.05) is 0 Å². The first-order valence-electron chi connectivity index (χ1n) is 10.6. The fraction of sp³-hybridized carbons (Fsp3) is 0.200. The summed E-state index contributed by atoms with van der Waals surface area (Å²) in [5.41, 5.74) is 3.61. The maximum absolute atomic E-state index is 13.6. The van der Waals surface area contributed by atoms with Gasteiger partial charge in [-0.15, -0.1) is 0 Å². The highest BCUT2D eigenvalue weighted by molar-refractivity contribution is 5.89. The van der Waals surface area contributed by atoms with E-state index >= 15 is 0 Å². The van der Waals surface area contributed by atoms with Crippen LogP contribution in [0.5, 0.6) is 5.75 Å². The molecule has 8 heteroatoms. The number of aromatic nitrogens is 4. The highest BCUT2D eigenvalue weighted by Crippen LogP contribution is 2.14. The average Bonchev–Trinajstić information content (AvgIpc) is 3.28. The molecule has 0 atom stereocenters. The zero-order valence-electron chi connectivity index (χ0n) is 18.1. The molecule has 2 heterocycles. The van der Waals surface area contributed by atoms with Gasteiger partial charge in [-0.25, -0.2) is 14.3 Å². The van der Waals surface area contributed by atoms with E-state index in [0.717, 1.165) is 23.2 Å². The van der Waals surface area contributed by atoms with E-state index in [9.17, 15) is 14.0 Å². The normalized spacial score (nSPS) is 10.8. The van der Waals surface area contributed by atoms with Crippen molar-refractivity contribution in [1.29, 1.82) is 0 Å². The Labute approximate surface area is 189 Å². The molecule has 168 valence electrons. The Morgan fingerprint density at radius 2 is 1.70 bits per heavy atom. The van der Waals surface area contributed by atoms with Crippen LogP contribution in [-0.4, -0.2) is 26.4 Å². The molecule has 0 amide bonds. The van der Waals surface area contributed by atoms with Crippen LogP contribution in [0.3, 0.4) is 0 Å². The number of carbonyl (C=O) groups is 1. The summed E-state index contributed by atoms with van der Waals surface area (Å²) < 4.78 is 18.9. The second kappa shape index (κ2) is 10.0. The van der Waals surface area contributed by atoms with E-state index in [1.807, 2.05) is 43.3 Å². The van der Waals surface area contributed by atoms with E-state index < -0.39 is 11.5 Å². The van der Waals surface area contributed by atoms with Crippen molar-refractivity contribution in [1.82, 2.24) is 20.4 Å². The number of carbonyl (C=O) groups excluding carboxylic acids is 1. The van der Waals surface area contributed by atoms with Crippen LogP contribution in [-0.2, 0) is 25.7 Å². The number of esters is 1. The summed E-state index contributed by atoms with van der Waals surface area (Å²) in [7, 11) is 0. The molecule has 0 bridgehead atoms. The van der Waals surface area contributed by atoms with E-state index in [0.29, 0.717) is 25.0 Å². The van der Waals surface area contributed by atoms with Crippen LogP contribution in [0.1, 0.15) is 38.6 Å². The number of ether oxygens (including phenoxy) is 1. The molecule has 0 saturated carbocycles. The molecule has 33 heavy (non-hydrogen) atoms. The average molecular weight is 446 g/mol. The predicted octanol–water partition coefficient (Wildman–Crippen LogP) is 3.73. The zero-order valence-corrected chi connectivity index (χ0v) is 18.1. The third-order valence-electron chi connectivity index (χ3n) is 5.16. The SMILES string of the molecule is Cc1cc(F)cc(CCc2cc(OC(=O)c3cc(CCc4ccccc4)[nH]n3)c(=O)[nH]n2)c1. The van der Waals surface area contributed by atoms with Gasteiger partial charge >= 0.3 is 11.5 Å². The second-order valence-electron chi connectivity index (χ2n) is 7.84. The summed E-state index contributed by atoms with van der Waals surface area (Å²) >= 11 is 0. The van der Waals surface area contributed by atoms with Gasteiger partial charge in [0.1, 0.15) is 5.82 Å². The van der Waals surface area contributed by atoms with Gasteiger partial charge in [0.05, 0.1) is 5.69 Å². The Bertz CT molecular complexity index is 1290. The van der Waals surface area contributed by atoms with Crippen LogP contribution in [0.25, 0.3) is 0 Å². The summed E-state index contributed by atoms with van der Waals surface area (Å²) in [6, 6.07) is 17.8. The first-order valence-corrected chi connectivity index (χ1v) is 10.6. The van der Waals surface area contributed by atoms with Gasteiger partial charge in [0, 0.05) is 11.8 Å². The molecule has 0 aliphatic rings. The fourth-order valence-electron chi connectivity index (χ4n) is 3.53. The zero-order chi connectivity index (χ0) is 23.2. The molecule has 0 aliphatic heterocycles. The number of nitrogens with one attached hydrogen (secondary N) is 2. The van der Waals surface area contributed by atoms with E-state index in [1.165, 1.54) is 23.8 Å². The molecular formula is C25H23FN4O3. The van der Waals surface area contributed by atoms with Crippen molar-refractivity contribution < 1.29 is 13.9 Å². The van der Waals surface area contributed by atoms with Crippen molar-refractivity contribution in [3.05, 3.63) is 111 Å². The molecular weight excluding hydrogens is 423 g/mol. The maximum Gasteiger partial charge on any atom is 0.364 e. The van der Waals surface area contributed by atoms with Gasteiger partial charge in [0.2, 0.25) is 0 Å². The first kappa shape index (κ1) is 22.1. The first-order chi connectivity index (χ1) is 16.0. The maximum atomic E-state index is 13.6. The predicted molar refractivity (Wildman–Crippen MR) is 121 cm³/mol. The molecule has 2 N–H and O–H groups in total. The van der Waals surface area contributed by atoms with Crippen molar-refractivity contribution in [3.63, 3.8) is 0 Å². The largest absolute Gasteiger partial charge is 0.416 e. The van der Waals surface area contributed by atoms with Gasteiger partial charge in [-0.2, -0.15) is 10.2 Å². The lowest BCUT2D eigenvalue weighted by Gasteiger charge is -2.05. The Kier molecular flexibility index (Phi) is 6.73. The van der Waals surface area contributed by atoms with Crippen LogP contribution >= 0.6 is 0 Å². The molecule has 0 spiro atoms. The minimum absolute atomic E-state index is 0.0889. The van der Waals surface area contributed by atoms with Crippen LogP contribution in [0.4, 0.5) is 4.39 Å². The monoisotopic (exact) mass is 446 g/mol. The Balaban J connectivity index is 1.38. The summed E-state index contributed by atoms with van der Waals surface area (Å²) in [6.45, 7) is 1.82. The van der Waals surface area contributed by atoms with Gasteiger partial charge in [-0.05, 0) is 67.5 Å². The van der Waals surface area contributed by atoms with Gasteiger partial charge in [0.25, 0.3) is 0 Å². The van der Waals surface area contributed by atoms with Crippen LogP contribution in [0.2, 0.25) is 0 Å². The minimum Gasteiger partial charge on any atom is -0.416 e. The third-order valence-corrected chi connectivity index (χ3v) is 5.16. The van der Waals surface area contributed by atoms with Crippen LogP contribution in [0, 0.1) is 12.7 Å². The number of benzene rings is 2. The van der Waals surface area contributed by atoms with Crippen molar-refractivity contribution in [2.24, 2.45) is 0 Å². The van der Waals surface area contributed by atoms with Gasteiger partial charge in [-0.3, -0.25) is 9.89 Å². The second-order valence-corrected chi connectivity index (χ2v) is 7.84. The highest BCUT2D eigenvalue weighted by atomic mass is 19.1. The van der Waals surface area contributed by atoms with E-state index in [-0.39, 0.29) is 17.3 Å². The fourth-order valence-corrected chi connectivity index (χ4v) is 3.53. The number of hydrogen-bond acceptors (Lipinski definition) is 5. The van der Waals surface area contributed by atoms with Crippen molar-refractivity contribution >= 4 is 5.97 Å². The van der Waals surface area contributed by atoms with Gasteiger partial charge in [0.15, 0.2) is 11.4 Å². The minimum atomic E-state index is -0.736. The lowest BCUT2D eigenvalue weighted by atomic mass is 10.1. The number of nitrogens with zero attached hydrogens (tertiary/aromatic N) is 2. The number of rotatable bonds is 8. The van der Waals surface area contributed by atoms with Gasteiger partial charge in [-0.1, -0.05) is 36.4 Å². The van der Waals surface area contributed by atoms with E-state index in [1.54, 1.807) is 6.07 Å². The van der Waals surface area contributed by atoms with Crippen LogP contribution < -0.4 is 10.3 Å². The Hall–Kier alpha value is -4.07. The van der Waals surface area contributed by atoms with E-state index in [2.05, 4.69) is 20.4 Å². The summed E-state index contributed by atoms with van der Waals surface area (Å²) in [4.78, 5) is 24.6. The summed E-state index contributed by atoms with van der Waals surface area (Å²) in [5.74, 6) is -1.19. The molecule has 0 aliphatic carbocycles. The standard InChI is InChI=1S/C25H23FN4O3/c1-16-11-18(13-19(26)12-16)8-10-21-15-23(24(31)30-28-21)33-25(32)22-14-20(27-29-22)9-7-17-5-3-2-4-6-17/h2-6,11-15H,7-10H2,1H3,(H,27,29)(H,30,31). The smallest absolute Gasteiger partial charge is 0.364 e. The molecule has 2 aromatic heterocycles. The number of H-pyrrole nitrogens is 2.